The van der Waals surface area contributed by atoms with Gasteiger partial charge in [-0.15, -0.1) is 0 Å². The lowest BCUT2D eigenvalue weighted by Crippen LogP contribution is -2.42. The van der Waals surface area contributed by atoms with E-state index in [1.54, 1.807) is 38.2 Å². The van der Waals surface area contributed by atoms with Gasteiger partial charge in [0.2, 0.25) is 5.78 Å². The number of nitrogens with zero attached hydrogens (tertiary/aromatic N) is 1. The molecule has 0 spiro atoms. The van der Waals surface area contributed by atoms with Crippen molar-refractivity contribution in [3.63, 3.8) is 0 Å². The van der Waals surface area contributed by atoms with Crippen LogP contribution in [0.5, 0.6) is 5.75 Å². The van der Waals surface area contributed by atoms with Gasteiger partial charge >= 0.3 is 5.63 Å². The highest BCUT2D eigenvalue weighted by Crippen LogP contribution is 2.40. The summed E-state index contributed by atoms with van der Waals surface area (Å²) < 4.78 is 16.7. The summed E-state index contributed by atoms with van der Waals surface area (Å²) >= 11 is 0. The number of anilines is 2. The van der Waals surface area contributed by atoms with Gasteiger partial charge in [-0.3, -0.25) is 4.79 Å². The van der Waals surface area contributed by atoms with Crippen LogP contribution >= 0.6 is 0 Å². The second-order valence-electron chi connectivity index (χ2n) is 8.43. The molecule has 1 fully saturated rings. The van der Waals surface area contributed by atoms with E-state index in [1.807, 2.05) is 12.1 Å². The van der Waals surface area contributed by atoms with Gasteiger partial charge < -0.3 is 24.1 Å². The second-order valence-corrected chi connectivity index (χ2v) is 8.43. The fourth-order valence-electron chi connectivity index (χ4n) is 4.05. The van der Waals surface area contributed by atoms with Crippen molar-refractivity contribution in [3.8, 4) is 5.75 Å². The summed E-state index contributed by atoms with van der Waals surface area (Å²) in [5.74, 6) is 0.423. The number of rotatable bonds is 3. The third-order valence-electron chi connectivity index (χ3n) is 5.79. The number of Topliss-reactive ketones (excluding diaryl/α,β-unsaturated/α-hetero) is 1. The zero-order chi connectivity index (χ0) is 22.3. The molecule has 1 aromatic heterocycles. The molecule has 5 rings (SSSR count). The Morgan fingerprint density at radius 1 is 1.00 bits per heavy atom. The lowest BCUT2D eigenvalue weighted by atomic mass is 9.88. The monoisotopic (exact) mass is 432 g/mol. The molecule has 0 saturated carbocycles. The van der Waals surface area contributed by atoms with Crippen molar-refractivity contribution in [1.82, 2.24) is 0 Å². The van der Waals surface area contributed by atoms with Gasteiger partial charge in [0.15, 0.2) is 5.60 Å². The first kappa shape index (κ1) is 20.3. The molecule has 0 unspecified atom stereocenters. The standard InChI is InChI=1S/C25H24N2O5/c1-25(2)24(29)20(19-14-21-16(13-22(19)32-25)3-8-23(28)31-21)15-26-17-4-6-18(7-5-17)27-9-11-30-12-10-27/h3-8,13-15,26H,9-12H2,1-2H3. The van der Waals surface area contributed by atoms with Crippen LogP contribution in [0.15, 0.2) is 63.9 Å². The van der Waals surface area contributed by atoms with Gasteiger partial charge in [0.25, 0.3) is 0 Å². The molecule has 2 aliphatic rings. The van der Waals surface area contributed by atoms with Gasteiger partial charge in [-0.2, -0.15) is 0 Å². The molecule has 2 aromatic carbocycles. The lowest BCUT2D eigenvalue weighted by Gasteiger charge is -2.32. The maximum Gasteiger partial charge on any atom is 0.336 e. The fourth-order valence-corrected chi connectivity index (χ4v) is 4.05. The summed E-state index contributed by atoms with van der Waals surface area (Å²) in [7, 11) is 0. The van der Waals surface area contributed by atoms with Crippen molar-refractivity contribution in [2.45, 2.75) is 19.4 Å². The van der Waals surface area contributed by atoms with Crippen LogP contribution in [-0.4, -0.2) is 37.7 Å². The summed E-state index contributed by atoms with van der Waals surface area (Å²) in [6.07, 6.45) is 1.70. The Balaban J connectivity index is 1.48. The van der Waals surface area contributed by atoms with Crippen LogP contribution in [0.4, 0.5) is 11.4 Å². The van der Waals surface area contributed by atoms with E-state index in [9.17, 15) is 9.59 Å². The highest BCUT2D eigenvalue weighted by atomic mass is 16.5. The summed E-state index contributed by atoms with van der Waals surface area (Å²) in [4.78, 5) is 27.1. The Morgan fingerprint density at radius 2 is 1.75 bits per heavy atom. The third kappa shape index (κ3) is 3.76. The summed E-state index contributed by atoms with van der Waals surface area (Å²) in [6, 6.07) is 14.6. The number of hydrogen-bond acceptors (Lipinski definition) is 7. The third-order valence-corrected chi connectivity index (χ3v) is 5.79. The Morgan fingerprint density at radius 3 is 2.50 bits per heavy atom. The molecule has 0 aliphatic carbocycles. The Labute approximate surface area is 185 Å². The van der Waals surface area contributed by atoms with E-state index in [0.29, 0.717) is 22.5 Å². The predicted octanol–water partition coefficient (Wildman–Crippen LogP) is 3.82. The first-order valence-corrected chi connectivity index (χ1v) is 10.6. The molecule has 2 aliphatic heterocycles. The first-order valence-electron chi connectivity index (χ1n) is 10.6. The van der Waals surface area contributed by atoms with Crippen LogP contribution in [0.25, 0.3) is 16.5 Å². The molecule has 164 valence electrons. The van der Waals surface area contributed by atoms with Crippen LogP contribution in [0, 0.1) is 0 Å². The van der Waals surface area contributed by atoms with E-state index in [-0.39, 0.29) is 5.78 Å². The van der Waals surface area contributed by atoms with Crippen molar-refractivity contribution in [2.24, 2.45) is 0 Å². The smallest absolute Gasteiger partial charge is 0.336 e. The van der Waals surface area contributed by atoms with Crippen molar-refractivity contribution in [1.29, 1.82) is 0 Å². The minimum atomic E-state index is -1.01. The number of benzene rings is 2. The molecule has 3 heterocycles. The second kappa shape index (κ2) is 7.84. The minimum Gasteiger partial charge on any atom is -0.479 e. The molecule has 3 aromatic rings. The van der Waals surface area contributed by atoms with Gasteiger partial charge in [0.1, 0.15) is 11.3 Å². The Kier molecular flexibility index (Phi) is 4.98. The van der Waals surface area contributed by atoms with Gasteiger partial charge in [-0.25, -0.2) is 4.79 Å². The van der Waals surface area contributed by atoms with Crippen LogP contribution in [0.3, 0.4) is 0 Å². The lowest BCUT2D eigenvalue weighted by molar-refractivity contribution is -0.126. The average Bonchev–Trinajstić information content (AvgIpc) is 2.79. The van der Waals surface area contributed by atoms with Crippen LogP contribution in [-0.2, 0) is 9.53 Å². The largest absolute Gasteiger partial charge is 0.479 e. The molecular weight excluding hydrogens is 408 g/mol. The van der Waals surface area contributed by atoms with Gasteiger partial charge in [-0.1, -0.05) is 0 Å². The molecule has 7 nitrogen and oxygen atoms in total. The zero-order valence-electron chi connectivity index (χ0n) is 18.0. The molecule has 32 heavy (non-hydrogen) atoms. The molecule has 0 atom stereocenters. The highest BCUT2D eigenvalue weighted by Gasteiger charge is 2.39. The first-order chi connectivity index (χ1) is 15.4. The van der Waals surface area contributed by atoms with Gasteiger partial charge in [-0.05, 0) is 56.3 Å². The van der Waals surface area contributed by atoms with E-state index in [4.69, 9.17) is 13.9 Å². The topological polar surface area (TPSA) is 81.0 Å². The van der Waals surface area contributed by atoms with E-state index < -0.39 is 11.2 Å². The molecule has 7 heteroatoms. The zero-order valence-corrected chi connectivity index (χ0v) is 18.0. The van der Waals surface area contributed by atoms with E-state index >= 15 is 0 Å². The highest BCUT2D eigenvalue weighted by molar-refractivity contribution is 6.26. The predicted molar refractivity (Wildman–Crippen MR) is 123 cm³/mol. The Hall–Kier alpha value is -3.58. The maximum absolute atomic E-state index is 13.2. The quantitative estimate of drug-likeness (QED) is 0.498. The number of morpholine rings is 1. The van der Waals surface area contributed by atoms with Gasteiger partial charge in [0, 0.05) is 53.3 Å². The fraction of sp³-hybridized carbons (Fsp3) is 0.280. The Bertz CT molecular complexity index is 1270. The average molecular weight is 432 g/mol. The molecular formula is C25H24N2O5. The number of ketones is 1. The number of carbonyl (C=O) groups is 1. The molecule has 1 saturated heterocycles. The number of hydrogen-bond donors (Lipinski definition) is 1. The molecule has 0 bridgehead atoms. The minimum absolute atomic E-state index is 0.153. The van der Waals surface area contributed by atoms with Crippen molar-refractivity contribution >= 4 is 33.7 Å². The summed E-state index contributed by atoms with van der Waals surface area (Å²) in [6.45, 7) is 6.72. The number of carbonyl (C=O) groups excluding carboxylic acids is 1. The van der Waals surface area contributed by atoms with Crippen molar-refractivity contribution in [2.75, 3.05) is 36.5 Å². The number of fused-ring (bicyclic) bond motifs is 2. The normalized spacial score (nSPS) is 19.0. The van der Waals surface area contributed by atoms with E-state index in [0.717, 1.165) is 43.1 Å². The van der Waals surface area contributed by atoms with E-state index in [2.05, 4.69) is 22.3 Å². The van der Waals surface area contributed by atoms with Crippen LogP contribution in [0.1, 0.15) is 19.4 Å². The van der Waals surface area contributed by atoms with Crippen molar-refractivity contribution < 1.29 is 18.7 Å². The van der Waals surface area contributed by atoms with Crippen LogP contribution < -0.4 is 20.6 Å². The summed E-state index contributed by atoms with van der Waals surface area (Å²) in [5, 5.41) is 3.97. The van der Waals surface area contributed by atoms with E-state index in [1.165, 1.54) is 6.07 Å². The maximum atomic E-state index is 13.2. The molecule has 0 radical (unpaired) electrons. The number of ether oxygens (including phenoxy) is 2. The molecule has 0 amide bonds. The van der Waals surface area contributed by atoms with Gasteiger partial charge in [0.05, 0.1) is 13.2 Å². The number of nitrogens with one attached hydrogen (secondary N) is 1. The SMILES string of the molecule is CC1(C)Oc2cc3ccc(=O)oc3cc2C(=CNc2ccc(N3CCOCC3)cc2)C1=O. The molecule has 1 N–H and O–H groups in total. The van der Waals surface area contributed by atoms with Crippen molar-refractivity contribution in [3.05, 3.63) is 70.7 Å². The van der Waals surface area contributed by atoms with Crippen LogP contribution in [0.2, 0.25) is 0 Å². The summed E-state index contributed by atoms with van der Waals surface area (Å²) in [5.41, 5.74) is 2.03.